The number of rotatable bonds is 2. The third-order valence-corrected chi connectivity index (χ3v) is 7.59. The fourth-order valence-electron chi connectivity index (χ4n) is 4.86. The van der Waals surface area contributed by atoms with Crippen LogP contribution in [0.15, 0.2) is 15.5 Å². The fraction of sp³-hybridized carbons (Fsp3) is 0.500. The van der Waals surface area contributed by atoms with Gasteiger partial charge in [-0.15, -0.1) is 4.36 Å². The summed E-state index contributed by atoms with van der Waals surface area (Å²) in [5.74, 6) is 0.305. The lowest BCUT2D eigenvalue weighted by molar-refractivity contribution is 0.224. The molecule has 0 saturated carbocycles. The molecule has 2 amide bonds. The van der Waals surface area contributed by atoms with Crippen molar-refractivity contribution in [3.8, 4) is 5.88 Å². The van der Waals surface area contributed by atoms with Crippen molar-refractivity contribution in [2.24, 2.45) is 9.50 Å². The number of carbonyl (C=O) groups excluding carboxylic acids is 1. The van der Waals surface area contributed by atoms with Crippen LogP contribution < -0.4 is 15.2 Å². The molecule has 2 atom stereocenters. The number of aromatic nitrogens is 2. The van der Waals surface area contributed by atoms with Crippen molar-refractivity contribution in [3.05, 3.63) is 34.3 Å². The van der Waals surface area contributed by atoms with Crippen molar-refractivity contribution in [1.29, 1.82) is 0 Å². The van der Waals surface area contributed by atoms with E-state index in [9.17, 15) is 13.4 Å². The van der Waals surface area contributed by atoms with Gasteiger partial charge in [-0.2, -0.15) is 5.10 Å². The van der Waals surface area contributed by atoms with Gasteiger partial charge in [-0.05, 0) is 60.3 Å². The summed E-state index contributed by atoms with van der Waals surface area (Å²) in [6, 6.07) is -0.805. The van der Waals surface area contributed by atoms with Crippen LogP contribution in [0.1, 0.15) is 54.4 Å². The normalized spacial score (nSPS) is 21.2. The summed E-state index contributed by atoms with van der Waals surface area (Å²) < 4.78 is 38.9. The molecule has 2 aliphatic carbocycles. The Kier molecular flexibility index (Phi) is 4.59. The van der Waals surface area contributed by atoms with E-state index in [-0.39, 0.29) is 16.6 Å². The molecule has 0 spiro atoms. The zero-order valence-corrected chi connectivity index (χ0v) is 17.6. The maximum Gasteiger partial charge on any atom is 0.354 e. The minimum Gasteiger partial charge on any atom is -0.477 e. The molecule has 3 aliphatic rings. The molecule has 2 heterocycles. The largest absolute Gasteiger partial charge is 0.477 e. The Morgan fingerprint density at radius 2 is 2.13 bits per heavy atom. The van der Waals surface area contributed by atoms with Gasteiger partial charge in [0, 0.05) is 18.7 Å². The molecular formula is C20H24FN5O3S. The van der Waals surface area contributed by atoms with Gasteiger partial charge in [0.25, 0.3) is 0 Å². The molecule has 0 unspecified atom stereocenters. The minimum absolute atomic E-state index is 0.111. The monoisotopic (exact) mass is 433 g/mol. The molecule has 0 radical (unpaired) electrons. The number of hydrogen-bond donors (Lipinski definition) is 2. The van der Waals surface area contributed by atoms with Gasteiger partial charge in [0.15, 0.2) is 9.92 Å². The maximum atomic E-state index is 15.0. The van der Waals surface area contributed by atoms with Crippen LogP contribution in [0.5, 0.6) is 5.88 Å². The molecule has 0 bridgehead atoms. The molecule has 30 heavy (non-hydrogen) atoms. The van der Waals surface area contributed by atoms with Crippen LogP contribution in [0.3, 0.4) is 0 Å². The Morgan fingerprint density at radius 1 is 1.33 bits per heavy atom. The zero-order valence-electron chi connectivity index (χ0n) is 16.7. The molecule has 5 rings (SSSR count). The first-order valence-electron chi connectivity index (χ1n) is 10.3. The lowest BCUT2D eigenvalue weighted by Crippen LogP contribution is -2.21. The first-order chi connectivity index (χ1) is 14.4. The van der Waals surface area contributed by atoms with Crippen molar-refractivity contribution in [3.63, 3.8) is 0 Å². The number of hydrogen-bond acceptors (Lipinski definition) is 4. The van der Waals surface area contributed by atoms with E-state index in [0.717, 1.165) is 30.4 Å². The lowest BCUT2D eigenvalue weighted by atomic mass is 9.94. The van der Waals surface area contributed by atoms with E-state index in [1.807, 2.05) is 6.92 Å². The van der Waals surface area contributed by atoms with Gasteiger partial charge < -0.3 is 10.1 Å². The summed E-state index contributed by atoms with van der Waals surface area (Å²) in [7, 11) is -3.55. The van der Waals surface area contributed by atoms with Crippen molar-refractivity contribution in [2.75, 3.05) is 11.9 Å². The Bertz CT molecular complexity index is 1180. The quantitative estimate of drug-likeness (QED) is 0.757. The number of benzene rings is 1. The second-order valence-electron chi connectivity index (χ2n) is 8.16. The van der Waals surface area contributed by atoms with E-state index in [2.05, 4.69) is 14.8 Å². The molecule has 10 heteroatoms. The van der Waals surface area contributed by atoms with E-state index in [0.29, 0.717) is 55.1 Å². The number of nitrogens with two attached hydrogens (primary N) is 1. The van der Waals surface area contributed by atoms with Gasteiger partial charge >= 0.3 is 6.03 Å². The number of ether oxygens (including phenoxy) is 1. The van der Waals surface area contributed by atoms with Crippen LogP contribution in [-0.4, -0.2) is 26.6 Å². The summed E-state index contributed by atoms with van der Waals surface area (Å²) in [5.41, 5.74) is 3.67. The molecule has 3 N–H and O–H groups in total. The molecule has 1 aromatic carbocycles. The van der Waals surface area contributed by atoms with Crippen molar-refractivity contribution in [2.45, 2.75) is 62.8 Å². The fourth-order valence-corrected chi connectivity index (χ4v) is 5.86. The number of amides is 2. The first kappa shape index (κ1) is 19.5. The highest BCUT2D eigenvalue weighted by molar-refractivity contribution is 7.91. The highest BCUT2D eigenvalue weighted by Gasteiger charge is 2.33. The number of urea groups is 1. The van der Waals surface area contributed by atoms with E-state index in [1.54, 1.807) is 4.68 Å². The van der Waals surface area contributed by atoms with Crippen LogP contribution >= 0.6 is 0 Å². The highest BCUT2D eigenvalue weighted by Crippen LogP contribution is 2.45. The van der Waals surface area contributed by atoms with Gasteiger partial charge in [0.05, 0.1) is 12.8 Å². The first-order valence-corrected chi connectivity index (χ1v) is 11.8. The SMILES string of the molecule is C[C@H]1CCc2c(F)c3c(c(NC(=O)N=[S@@](N)(=O)c4cnn5c4OCCC5)c21)CCC3. The van der Waals surface area contributed by atoms with Gasteiger partial charge in [0.1, 0.15) is 10.7 Å². The molecule has 0 saturated heterocycles. The molecular weight excluding hydrogens is 409 g/mol. The molecule has 8 nitrogen and oxygen atoms in total. The number of halogens is 1. The van der Waals surface area contributed by atoms with Crippen LogP contribution in [0.4, 0.5) is 14.9 Å². The van der Waals surface area contributed by atoms with E-state index < -0.39 is 15.9 Å². The van der Waals surface area contributed by atoms with E-state index in [4.69, 9.17) is 9.88 Å². The van der Waals surface area contributed by atoms with Crippen molar-refractivity contribution >= 4 is 21.6 Å². The molecule has 1 aromatic heterocycles. The average Bonchev–Trinajstić information content (AvgIpc) is 3.43. The van der Waals surface area contributed by atoms with E-state index >= 15 is 0 Å². The number of carbonyl (C=O) groups is 1. The Hall–Kier alpha value is -2.46. The van der Waals surface area contributed by atoms with Gasteiger partial charge in [-0.25, -0.2) is 23.2 Å². The van der Waals surface area contributed by atoms with Crippen LogP contribution in [0, 0.1) is 5.82 Å². The second-order valence-corrected chi connectivity index (χ2v) is 9.92. The molecule has 0 fully saturated rings. The Labute approximate surface area is 174 Å². The van der Waals surface area contributed by atoms with Crippen LogP contribution in [-0.2, 0) is 35.7 Å². The third kappa shape index (κ3) is 3.01. The summed E-state index contributed by atoms with van der Waals surface area (Å²) >= 11 is 0. The average molecular weight is 434 g/mol. The standard InChI is InChI=1S/C20H24FN5O3S/c1-11-6-7-14-16(11)18(13-5-2-4-12(13)17(14)21)24-20(27)25-30(22,28)15-10-23-26-8-3-9-29-19(15)26/h10-11H,2-9H2,1H3,(H3,22,24,25,27,28)/t11-,30+/m0/s1. The second kappa shape index (κ2) is 7.05. The summed E-state index contributed by atoms with van der Waals surface area (Å²) in [6.45, 7) is 3.12. The maximum absolute atomic E-state index is 15.0. The van der Waals surface area contributed by atoms with Gasteiger partial charge in [-0.1, -0.05) is 6.92 Å². The predicted octanol–water partition coefficient (Wildman–Crippen LogP) is 3.28. The topological polar surface area (TPSA) is 112 Å². The predicted molar refractivity (Wildman–Crippen MR) is 110 cm³/mol. The van der Waals surface area contributed by atoms with E-state index in [1.165, 1.54) is 6.20 Å². The highest BCUT2D eigenvalue weighted by atomic mass is 32.2. The number of anilines is 1. The van der Waals surface area contributed by atoms with Crippen LogP contribution in [0.25, 0.3) is 0 Å². The van der Waals surface area contributed by atoms with Crippen LogP contribution in [0.2, 0.25) is 0 Å². The summed E-state index contributed by atoms with van der Waals surface area (Å²) in [6.07, 6.45) is 5.83. The summed E-state index contributed by atoms with van der Waals surface area (Å²) in [5, 5.41) is 12.9. The number of fused-ring (bicyclic) bond motifs is 3. The van der Waals surface area contributed by atoms with Gasteiger partial charge in [-0.3, -0.25) is 0 Å². The molecule has 2 aromatic rings. The lowest BCUT2D eigenvalue weighted by Gasteiger charge is -2.19. The number of aryl methyl sites for hydroxylation is 1. The summed E-state index contributed by atoms with van der Waals surface area (Å²) in [4.78, 5) is 12.9. The Morgan fingerprint density at radius 3 is 2.97 bits per heavy atom. The van der Waals surface area contributed by atoms with Crippen molar-refractivity contribution < 1.29 is 18.1 Å². The molecule has 1 aliphatic heterocycles. The minimum atomic E-state index is -3.55. The zero-order chi connectivity index (χ0) is 21.0. The number of nitrogens with zero attached hydrogens (tertiary/aromatic N) is 3. The molecule has 160 valence electrons. The van der Waals surface area contributed by atoms with Gasteiger partial charge in [0.2, 0.25) is 5.88 Å². The number of nitrogens with one attached hydrogen (secondary N) is 1. The smallest absolute Gasteiger partial charge is 0.354 e. The third-order valence-electron chi connectivity index (χ3n) is 6.24. The Balaban J connectivity index is 1.53. The van der Waals surface area contributed by atoms with Crippen molar-refractivity contribution in [1.82, 2.24) is 9.78 Å².